The van der Waals surface area contributed by atoms with E-state index in [4.69, 9.17) is 5.11 Å². The van der Waals surface area contributed by atoms with Crippen LogP contribution in [0.3, 0.4) is 0 Å². The Balaban J connectivity index is 2.44. The molecule has 1 fully saturated rings. The first kappa shape index (κ1) is 15.5. The van der Waals surface area contributed by atoms with Gasteiger partial charge in [0.05, 0.1) is 0 Å². The molecular weight excluding hydrogens is 226 g/mol. The molecule has 3 nitrogen and oxygen atoms in total. The van der Waals surface area contributed by atoms with Crippen molar-refractivity contribution in [3.8, 4) is 0 Å². The lowest BCUT2D eigenvalue weighted by Gasteiger charge is -2.36. The molecule has 0 aromatic rings. The van der Waals surface area contributed by atoms with Crippen LogP contribution in [0.1, 0.15) is 58.8 Å². The standard InChI is InChI=1S/C15H29NO2/c1-4-13(5-2)15(18)16(3)14-8-6-12(7-9-14)10-11-17/h12-14,17H,4-11H2,1-3H3. The third kappa shape index (κ3) is 3.98. The Morgan fingerprint density at radius 3 is 2.22 bits per heavy atom. The predicted octanol–water partition coefficient (Wildman–Crippen LogP) is 2.82. The van der Waals surface area contributed by atoms with Crippen molar-refractivity contribution in [3.05, 3.63) is 0 Å². The fraction of sp³-hybridized carbons (Fsp3) is 0.933. The number of amides is 1. The lowest BCUT2D eigenvalue weighted by molar-refractivity contribution is -0.137. The summed E-state index contributed by atoms with van der Waals surface area (Å²) in [6.45, 7) is 4.49. The minimum atomic E-state index is 0.199. The van der Waals surface area contributed by atoms with Gasteiger partial charge in [-0.1, -0.05) is 13.8 Å². The largest absolute Gasteiger partial charge is 0.396 e. The van der Waals surface area contributed by atoms with Crippen LogP contribution in [-0.4, -0.2) is 35.6 Å². The van der Waals surface area contributed by atoms with E-state index in [1.54, 1.807) is 0 Å². The number of rotatable bonds is 6. The molecular formula is C15H29NO2. The molecule has 0 atom stereocenters. The maximum atomic E-state index is 12.3. The number of carbonyl (C=O) groups is 1. The summed E-state index contributed by atoms with van der Waals surface area (Å²) in [6, 6.07) is 0.424. The Morgan fingerprint density at radius 1 is 1.22 bits per heavy atom. The molecule has 1 amide bonds. The monoisotopic (exact) mass is 255 g/mol. The van der Waals surface area contributed by atoms with Gasteiger partial charge < -0.3 is 10.0 Å². The maximum absolute atomic E-state index is 12.3. The van der Waals surface area contributed by atoms with Crippen molar-refractivity contribution in [3.63, 3.8) is 0 Å². The maximum Gasteiger partial charge on any atom is 0.225 e. The molecule has 0 radical (unpaired) electrons. The second kappa shape index (κ2) is 7.78. The average molecular weight is 255 g/mol. The van der Waals surface area contributed by atoms with Gasteiger partial charge in [-0.25, -0.2) is 0 Å². The molecule has 18 heavy (non-hydrogen) atoms. The van der Waals surface area contributed by atoms with Gasteiger partial charge in [0, 0.05) is 25.6 Å². The molecule has 106 valence electrons. The van der Waals surface area contributed by atoms with Crippen molar-refractivity contribution in [1.82, 2.24) is 4.90 Å². The first-order valence-corrected chi connectivity index (χ1v) is 7.51. The van der Waals surface area contributed by atoms with Crippen LogP contribution in [0, 0.1) is 11.8 Å². The molecule has 0 spiro atoms. The molecule has 0 aromatic carbocycles. The molecule has 1 N–H and O–H groups in total. The molecule has 0 bridgehead atoms. The first-order chi connectivity index (χ1) is 8.63. The Bertz CT molecular complexity index is 243. The lowest BCUT2D eigenvalue weighted by Crippen LogP contribution is -2.42. The van der Waals surface area contributed by atoms with Crippen LogP contribution in [0.25, 0.3) is 0 Å². The van der Waals surface area contributed by atoms with Crippen LogP contribution in [0.4, 0.5) is 0 Å². The number of hydrogen-bond donors (Lipinski definition) is 1. The topological polar surface area (TPSA) is 40.5 Å². The molecule has 0 unspecified atom stereocenters. The molecule has 3 heteroatoms. The van der Waals surface area contributed by atoms with Gasteiger partial charge in [0.25, 0.3) is 0 Å². The smallest absolute Gasteiger partial charge is 0.225 e. The molecule has 1 saturated carbocycles. The van der Waals surface area contributed by atoms with Crippen LogP contribution in [0.2, 0.25) is 0 Å². The van der Waals surface area contributed by atoms with E-state index in [2.05, 4.69) is 13.8 Å². The zero-order chi connectivity index (χ0) is 13.5. The van der Waals surface area contributed by atoms with Gasteiger partial charge >= 0.3 is 0 Å². The first-order valence-electron chi connectivity index (χ1n) is 7.51. The minimum Gasteiger partial charge on any atom is -0.396 e. The molecule has 1 aliphatic carbocycles. The Labute approximate surface area is 112 Å². The fourth-order valence-corrected chi connectivity index (χ4v) is 3.11. The van der Waals surface area contributed by atoms with Gasteiger partial charge in [-0.05, 0) is 50.9 Å². The highest BCUT2D eigenvalue weighted by atomic mass is 16.3. The molecule has 0 aliphatic heterocycles. The Hall–Kier alpha value is -0.570. The fourth-order valence-electron chi connectivity index (χ4n) is 3.11. The van der Waals surface area contributed by atoms with Crippen LogP contribution in [0.15, 0.2) is 0 Å². The predicted molar refractivity (Wildman–Crippen MR) is 74.3 cm³/mol. The summed E-state index contributed by atoms with van der Waals surface area (Å²) in [5, 5.41) is 8.95. The zero-order valence-corrected chi connectivity index (χ0v) is 12.2. The third-order valence-corrected chi connectivity index (χ3v) is 4.58. The van der Waals surface area contributed by atoms with Crippen LogP contribution in [0.5, 0.6) is 0 Å². The number of carbonyl (C=O) groups excluding carboxylic acids is 1. The molecule has 0 aromatic heterocycles. The molecule has 0 saturated heterocycles. The zero-order valence-electron chi connectivity index (χ0n) is 12.2. The van der Waals surface area contributed by atoms with E-state index in [1.165, 1.54) is 0 Å². The van der Waals surface area contributed by atoms with E-state index in [-0.39, 0.29) is 5.92 Å². The molecule has 0 heterocycles. The number of nitrogens with zero attached hydrogens (tertiary/aromatic N) is 1. The van der Waals surface area contributed by atoms with E-state index >= 15 is 0 Å². The second-order valence-electron chi connectivity index (χ2n) is 5.65. The summed E-state index contributed by atoms with van der Waals surface area (Å²) in [6.07, 6.45) is 7.34. The van der Waals surface area contributed by atoms with Crippen molar-refractivity contribution < 1.29 is 9.90 Å². The summed E-state index contributed by atoms with van der Waals surface area (Å²) in [5.41, 5.74) is 0. The van der Waals surface area contributed by atoms with E-state index in [0.29, 0.717) is 24.5 Å². The Kier molecular flexibility index (Phi) is 6.69. The summed E-state index contributed by atoms with van der Waals surface area (Å²) in [4.78, 5) is 14.3. The van der Waals surface area contributed by atoms with Gasteiger partial charge in [0.15, 0.2) is 0 Å². The van der Waals surface area contributed by atoms with E-state index < -0.39 is 0 Å². The number of hydrogen-bond acceptors (Lipinski definition) is 2. The SMILES string of the molecule is CCC(CC)C(=O)N(C)C1CCC(CCO)CC1. The van der Waals surface area contributed by atoms with E-state index in [1.807, 2.05) is 11.9 Å². The van der Waals surface area contributed by atoms with Crippen molar-refractivity contribution in [1.29, 1.82) is 0 Å². The van der Waals surface area contributed by atoms with Crippen LogP contribution in [-0.2, 0) is 4.79 Å². The molecule has 1 rings (SSSR count). The van der Waals surface area contributed by atoms with Gasteiger partial charge in [0.1, 0.15) is 0 Å². The van der Waals surface area contributed by atoms with Gasteiger partial charge in [0.2, 0.25) is 5.91 Å². The quantitative estimate of drug-likeness (QED) is 0.793. The van der Waals surface area contributed by atoms with Crippen LogP contribution >= 0.6 is 0 Å². The van der Waals surface area contributed by atoms with Gasteiger partial charge in [-0.2, -0.15) is 0 Å². The van der Waals surface area contributed by atoms with Gasteiger partial charge in [-0.3, -0.25) is 4.79 Å². The van der Waals surface area contributed by atoms with Crippen molar-refractivity contribution >= 4 is 5.91 Å². The van der Waals surface area contributed by atoms with Crippen molar-refractivity contribution in [2.24, 2.45) is 11.8 Å². The normalized spacial score (nSPS) is 24.3. The Morgan fingerprint density at radius 2 is 1.78 bits per heavy atom. The number of aliphatic hydroxyl groups is 1. The highest BCUT2D eigenvalue weighted by Gasteiger charge is 2.28. The summed E-state index contributed by atoms with van der Waals surface area (Å²) >= 11 is 0. The summed E-state index contributed by atoms with van der Waals surface area (Å²) in [7, 11) is 1.97. The minimum absolute atomic E-state index is 0.199. The summed E-state index contributed by atoms with van der Waals surface area (Å²) < 4.78 is 0. The highest BCUT2D eigenvalue weighted by Crippen LogP contribution is 2.30. The van der Waals surface area contributed by atoms with E-state index in [0.717, 1.165) is 44.9 Å². The second-order valence-corrected chi connectivity index (χ2v) is 5.65. The van der Waals surface area contributed by atoms with Crippen molar-refractivity contribution in [2.75, 3.05) is 13.7 Å². The average Bonchev–Trinajstić information content (AvgIpc) is 2.40. The lowest BCUT2D eigenvalue weighted by atomic mass is 9.83. The highest BCUT2D eigenvalue weighted by molar-refractivity contribution is 5.78. The molecule has 1 aliphatic rings. The van der Waals surface area contributed by atoms with Crippen LogP contribution < -0.4 is 0 Å². The van der Waals surface area contributed by atoms with Crippen molar-refractivity contribution in [2.45, 2.75) is 64.8 Å². The van der Waals surface area contributed by atoms with E-state index in [9.17, 15) is 4.79 Å². The van der Waals surface area contributed by atoms with Gasteiger partial charge in [-0.15, -0.1) is 0 Å². The summed E-state index contributed by atoms with van der Waals surface area (Å²) in [5.74, 6) is 1.19. The third-order valence-electron chi connectivity index (χ3n) is 4.58. The number of aliphatic hydroxyl groups excluding tert-OH is 1.